The summed E-state index contributed by atoms with van der Waals surface area (Å²) in [4.78, 5) is -0.147. The van der Waals surface area contributed by atoms with Gasteiger partial charge >= 0.3 is 0 Å². The van der Waals surface area contributed by atoms with Crippen molar-refractivity contribution in [1.82, 2.24) is 4.72 Å². The van der Waals surface area contributed by atoms with E-state index in [2.05, 4.69) is 4.72 Å². The number of nitrogens with one attached hydrogen (secondary N) is 1. The number of nitrogens with two attached hydrogens (primary N) is 1. The predicted octanol–water partition coefficient (Wildman–Crippen LogP) is 1.28. The van der Waals surface area contributed by atoms with E-state index in [0.29, 0.717) is 6.42 Å². The van der Waals surface area contributed by atoms with E-state index >= 15 is 0 Å². The van der Waals surface area contributed by atoms with E-state index in [0.717, 1.165) is 24.2 Å². The summed E-state index contributed by atoms with van der Waals surface area (Å²) in [6.07, 6.45) is 3.86. The third kappa shape index (κ3) is 3.32. The fourth-order valence-electron chi connectivity index (χ4n) is 2.67. The maximum atomic E-state index is 12.5. The summed E-state index contributed by atoms with van der Waals surface area (Å²) in [5.74, 6) is 0.800. The molecule has 0 amide bonds. The first-order chi connectivity index (χ1) is 10.8. The second kappa shape index (κ2) is 5.75. The number of aryl methyl sites for hydroxylation is 1. The van der Waals surface area contributed by atoms with Crippen molar-refractivity contribution in [2.75, 3.05) is 0 Å². The predicted molar refractivity (Wildman–Crippen MR) is 82.5 cm³/mol. The molecular formula is C14H16N2O5S2. The molecule has 1 unspecified atom stereocenters. The van der Waals surface area contributed by atoms with E-state index < -0.39 is 20.0 Å². The molecule has 23 heavy (non-hydrogen) atoms. The van der Waals surface area contributed by atoms with Gasteiger partial charge in [0.15, 0.2) is 0 Å². The highest BCUT2D eigenvalue weighted by Crippen LogP contribution is 2.31. The van der Waals surface area contributed by atoms with Gasteiger partial charge in [-0.15, -0.1) is 0 Å². The molecule has 0 saturated heterocycles. The molecule has 0 bridgehead atoms. The molecule has 1 heterocycles. The van der Waals surface area contributed by atoms with Gasteiger partial charge in [-0.1, -0.05) is 0 Å². The molecule has 1 atom stereocenters. The molecule has 0 aliphatic heterocycles. The summed E-state index contributed by atoms with van der Waals surface area (Å²) in [5, 5.41) is 5.00. The summed E-state index contributed by atoms with van der Waals surface area (Å²) >= 11 is 0. The Hall–Kier alpha value is -1.68. The van der Waals surface area contributed by atoms with Crippen LogP contribution >= 0.6 is 0 Å². The van der Waals surface area contributed by atoms with Gasteiger partial charge in [-0.3, -0.25) is 0 Å². The van der Waals surface area contributed by atoms with Gasteiger partial charge in [0.25, 0.3) is 0 Å². The van der Waals surface area contributed by atoms with Crippen LogP contribution in [0.15, 0.2) is 50.8 Å². The standard InChI is InChI=1S/C14H16N2O5S2/c15-22(17,18)10-4-6-11(7-5-10)23(19,20)16-13-2-1-3-14-12(13)8-9-21-14/h4-9,13,16H,1-3H2,(H2,15,17,18). The summed E-state index contributed by atoms with van der Waals surface area (Å²) < 4.78 is 55.4. The number of primary sulfonamides is 1. The van der Waals surface area contributed by atoms with Crippen molar-refractivity contribution in [3.63, 3.8) is 0 Å². The second-order valence-corrected chi connectivity index (χ2v) is 8.66. The third-order valence-electron chi connectivity index (χ3n) is 3.81. The zero-order chi connectivity index (χ0) is 16.7. The Morgan fingerprint density at radius 1 is 1.04 bits per heavy atom. The average Bonchev–Trinajstić information content (AvgIpc) is 2.96. The highest BCUT2D eigenvalue weighted by atomic mass is 32.2. The first kappa shape index (κ1) is 16.2. The Labute approximate surface area is 134 Å². The summed E-state index contributed by atoms with van der Waals surface area (Å²) in [5.41, 5.74) is 0.848. The van der Waals surface area contributed by atoms with E-state index in [9.17, 15) is 16.8 Å². The van der Waals surface area contributed by atoms with Crippen LogP contribution in [0.25, 0.3) is 0 Å². The molecule has 3 rings (SSSR count). The number of fused-ring (bicyclic) bond motifs is 1. The van der Waals surface area contributed by atoms with Gasteiger partial charge in [0.05, 0.1) is 22.1 Å². The van der Waals surface area contributed by atoms with Crippen LogP contribution in [0.2, 0.25) is 0 Å². The lowest BCUT2D eigenvalue weighted by molar-refractivity contribution is 0.438. The number of hydrogen-bond donors (Lipinski definition) is 2. The molecule has 1 aliphatic carbocycles. The fraction of sp³-hybridized carbons (Fsp3) is 0.286. The van der Waals surface area contributed by atoms with Gasteiger partial charge in [0.2, 0.25) is 20.0 Å². The van der Waals surface area contributed by atoms with Gasteiger partial charge in [-0.05, 0) is 43.2 Å². The Morgan fingerprint density at radius 2 is 1.70 bits per heavy atom. The van der Waals surface area contributed by atoms with Crippen molar-refractivity contribution in [1.29, 1.82) is 0 Å². The normalized spacial score (nSPS) is 18.6. The Kier molecular flexibility index (Phi) is 4.05. The lowest BCUT2D eigenvalue weighted by Crippen LogP contribution is -2.30. The van der Waals surface area contributed by atoms with Gasteiger partial charge in [0.1, 0.15) is 5.76 Å². The minimum Gasteiger partial charge on any atom is -0.469 e. The number of benzene rings is 1. The minimum atomic E-state index is -3.85. The van der Waals surface area contributed by atoms with Crippen molar-refractivity contribution in [2.45, 2.75) is 35.1 Å². The minimum absolute atomic E-state index is 0.0134. The van der Waals surface area contributed by atoms with Crippen LogP contribution in [-0.2, 0) is 26.5 Å². The Balaban J connectivity index is 1.86. The maximum absolute atomic E-state index is 12.5. The highest BCUT2D eigenvalue weighted by Gasteiger charge is 2.27. The van der Waals surface area contributed by atoms with Crippen molar-refractivity contribution in [3.05, 3.63) is 47.9 Å². The molecule has 0 saturated carbocycles. The smallest absolute Gasteiger partial charge is 0.241 e. The highest BCUT2D eigenvalue weighted by molar-refractivity contribution is 7.89. The molecule has 7 nitrogen and oxygen atoms in total. The molecule has 0 radical (unpaired) electrons. The molecule has 2 aromatic rings. The first-order valence-corrected chi connectivity index (χ1v) is 10.0. The molecule has 1 aliphatic rings. The van der Waals surface area contributed by atoms with Crippen molar-refractivity contribution in [3.8, 4) is 0 Å². The molecule has 9 heteroatoms. The SMILES string of the molecule is NS(=O)(=O)c1ccc(S(=O)(=O)NC2CCCc3occc32)cc1. The van der Waals surface area contributed by atoms with Crippen molar-refractivity contribution >= 4 is 20.0 Å². The Morgan fingerprint density at radius 3 is 2.35 bits per heavy atom. The molecule has 0 fully saturated rings. The van der Waals surface area contributed by atoms with E-state index in [1.807, 2.05) is 0 Å². The molecular weight excluding hydrogens is 340 g/mol. The van der Waals surface area contributed by atoms with Gasteiger partial charge in [-0.2, -0.15) is 0 Å². The van der Waals surface area contributed by atoms with Gasteiger partial charge in [0, 0.05) is 12.0 Å². The lowest BCUT2D eigenvalue weighted by atomic mass is 9.94. The molecule has 0 spiro atoms. The molecule has 124 valence electrons. The largest absolute Gasteiger partial charge is 0.469 e. The third-order valence-corrected chi connectivity index (χ3v) is 6.23. The van der Waals surface area contributed by atoms with Crippen LogP contribution in [0.5, 0.6) is 0 Å². The lowest BCUT2D eigenvalue weighted by Gasteiger charge is -2.22. The quantitative estimate of drug-likeness (QED) is 0.855. The van der Waals surface area contributed by atoms with E-state index in [1.54, 1.807) is 12.3 Å². The van der Waals surface area contributed by atoms with Crippen molar-refractivity contribution < 1.29 is 21.3 Å². The zero-order valence-corrected chi connectivity index (χ0v) is 13.7. The van der Waals surface area contributed by atoms with Crippen LogP contribution in [0.4, 0.5) is 0 Å². The Bertz CT molecular complexity index is 914. The summed E-state index contributed by atoms with van der Waals surface area (Å²) in [7, 11) is -7.62. The topological polar surface area (TPSA) is 119 Å². The zero-order valence-electron chi connectivity index (χ0n) is 12.1. The van der Waals surface area contributed by atoms with Gasteiger partial charge < -0.3 is 4.42 Å². The van der Waals surface area contributed by atoms with Crippen LogP contribution in [-0.4, -0.2) is 16.8 Å². The molecule has 3 N–H and O–H groups in total. The fourth-order valence-corrected chi connectivity index (χ4v) is 4.44. The van der Waals surface area contributed by atoms with Gasteiger partial charge in [-0.25, -0.2) is 26.7 Å². The number of furan rings is 1. The summed E-state index contributed by atoms with van der Waals surface area (Å²) in [6, 6.07) is 6.22. The van der Waals surface area contributed by atoms with Crippen LogP contribution in [0.3, 0.4) is 0 Å². The van der Waals surface area contributed by atoms with Crippen LogP contribution in [0.1, 0.15) is 30.2 Å². The van der Waals surface area contributed by atoms with E-state index in [4.69, 9.17) is 9.56 Å². The molecule has 1 aromatic carbocycles. The number of sulfonamides is 2. The first-order valence-electron chi connectivity index (χ1n) is 6.99. The summed E-state index contributed by atoms with van der Waals surface area (Å²) in [6.45, 7) is 0. The molecule has 1 aromatic heterocycles. The van der Waals surface area contributed by atoms with E-state index in [-0.39, 0.29) is 15.8 Å². The van der Waals surface area contributed by atoms with Crippen LogP contribution in [0, 0.1) is 0 Å². The monoisotopic (exact) mass is 356 g/mol. The number of rotatable bonds is 4. The average molecular weight is 356 g/mol. The van der Waals surface area contributed by atoms with E-state index in [1.165, 1.54) is 24.3 Å². The maximum Gasteiger partial charge on any atom is 0.241 e. The van der Waals surface area contributed by atoms with Crippen LogP contribution < -0.4 is 9.86 Å². The van der Waals surface area contributed by atoms with Crippen molar-refractivity contribution in [2.24, 2.45) is 5.14 Å². The number of hydrogen-bond acceptors (Lipinski definition) is 5. The second-order valence-electron chi connectivity index (χ2n) is 5.38.